The largest absolute Gasteiger partial charge is 0.497 e. The van der Waals surface area contributed by atoms with Crippen LogP contribution in [0.1, 0.15) is 18.5 Å². The van der Waals surface area contributed by atoms with Gasteiger partial charge in [0.25, 0.3) is 0 Å². The minimum atomic E-state index is -3.62. The highest BCUT2D eigenvalue weighted by molar-refractivity contribution is 7.92. The molecule has 1 N–H and O–H groups in total. The third kappa shape index (κ3) is 5.37. The number of ether oxygens (including phenoxy) is 1. The summed E-state index contributed by atoms with van der Waals surface area (Å²) in [5.41, 5.74) is 1.26. The fourth-order valence-electron chi connectivity index (χ4n) is 2.40. The molecule has 0 aromatic heterocycles. The molecule has 1 amide bonds. The lowest BCUT2D eigenvalue weighted by Gasteiger charge is -2.23. The second-order valence-electron chi connectivity index (χ2n) is 5.81. The number of sulfonamides is 1. The van der Waals surface area contributed by atoms with Crippen molar-refractivity contribution in [3.63, 3.8) is 0 Å². The molecule has 0 saturated carbocycles. The molecule has 0 heterocycles. The lowest BCUT2D eigenvalue weighted by atomic mass is 10.1. The number of carbonyl (C=O) groups is 1. The van der Waals surface area contributed by atoms with Crippen molar-refractivity contribution in [2.24, 2.45) is 0 Å². The summed E-state index contributed by atoms with van der Waals surface area (Å²) in [5.74, 6) is 0.312. The van der Waals surface area contributed by atoms with Gasteiger partial charge >= 0.3 is 0 Å². The summed E-state index contributed by atoms with van der Waals surface area (Å²) < 4.78 is 30.3. The van der Waals surface area contributed by atoms with Gasteiger partial charge in [0.2, 0.25) is 15.9 Å². The number of rotatable bonds is 7. The average molecular weight is 397 g/mol. The van der Waals surface area contributed by atoms with Crippen LogP contribution in [0.5, 0.6) is 5.75 Å². The van der Waals surface area contributed by atoms with Gasteiger partial charge in [-0.1, -0.05) is 23.7 Å². The second-order valence-corrected chi connectivity index (χ2v) is 8.15. The van der Waals surface area contributed by atoms with Crippen LogP contribution in [0, 0.1) is 0 Å². The summed E-state index contributed by atoms with van der Waals surface area (Å²) >= 11 is 5.84. The molecule has 0 fully saturated rings. The van der Waals surface area contributed by atoms with Crippen molar-refractivity contribution in [2.75, 3.05) is 24.2 Å². The zero-order valence-electron chi connectivity index (χ0n) is 14.8. The SMILES string of the molecule is COc1ccc([C@@H](C)NC(=O)CN(c2ccc(Cl)cc2)S(C)(=O)=O)cc1. The fourth-order valence-corrected chi connectivity index (χ4v) is 3.38. The molecule has 26 heavy (non-hydrogen) atoms. The second kappa shape index (κ2) is 8.42. The zero-order chi connectivity index (χ0) is 19.3. The zero-order valence-corrected chi connectivity index (χ0v) is 16.3. The van der Waals surface area contributed by atoms with Gasteiger partial charge in [0.05, 0.1) is 25.1 Å². The number of carbonyl (C=O) groups excluding carboxylic acids is 1. The Balaban J connectivity index is 2.10. The standard InChI is InChI=1S/C18H21ClN2O4S/c1-13(14-4-10-17(25-2)11-5-14)20-18(22)12-21(26(3,23)24)16-8-6-15(19)7-9-16/h4-11,13H,12H2,1-3H3,(H,20,22)/t13-/m1/s1. The summed E-state index contributed by atoms with van der Waals surface area (Å²) in [6.45, 7) is 1.51. The molecule has 0 radical (unpaired) electrons. The Morgan fingerprint density at radius 1 is 1.15 bits per heavy atom. The maximum absolute atomic E-state index is 12.4. The number of anilines is 1. The molecule has 2 aromatic carbocycles. The number of halogens is 1. The molecule has 0 unspecified atom stereocenters. The van der Waals surface area contributed by atoms with Gasteiger partial charge in [0.15, 0.2) is 0 Å². The van der Waals surface area contributed by atoms with Crippen LogP contribution in [0.4, 0.5) is 5.69 Å². The van der Waals surface area contributed by atoms with Crippen LogP contribution in [0.25, 0.3) is 0 Å². The van der Waals surface area contributed by atoms with Crippen LogP contribution < -0.4 is 14.4 Å². The highest BCUT2D eigenvalue weighted by atomic mass is 35.5. The first kappa shape index (κ1) is 20.1. The molecule has 2 rings (SSSR count). The summed E-state index contributed by atoms with van der Waals surface area (Å²) in [7, 11) is -2.04. The van der Waals surface area contributed by atoms with Crippen LogP contribution in [0.15, 0.2) is 48.5 Å². The maximum atomic E-state index is 12.4. The third-order valence-electron chi connectivity index (χ3n) is 3.80. The Morgan fingerprint density at radius 2 is 1.73 bits per heavy atom. The molecule has 140 valence electrons. The van der Waals surface area contributed by atoms with Crippen molar-refractivity contribution in [3.8, 4) is 5.75 Å². The van der Waals surface area contributed by atoms with Crippen LogP contribution in [-0.4, -0.2) is 34.2 Å². The molecule has 1 atom stereocenters. The molecule has 0 aliphatic heterocycles. The van der Waals surface area contributed by atoms with Crippen molar-refractivity contribution < 1.29 is 17.9 Å². The first-order valence-electron chi connectivity index (χ1n) is 7.87. The molecular formula is C18H21ClN2O4S. The predicted molar refractivity (Wildman–Crippen MR) is 103 cm³/mol. The maximum Gasteiger partial charge on any atom is 0.241 e. The molecule has 0 aliphatic carbocycles. The highest BCUT2D eigenvalue weighted by Crippen LogP contribution is 2.21. The van der Waals surface area contributed by atoms with E-state index in [9.17, 15) is 13.2 Å². The normalized spacial score (nSPS) is 12.3. The van der Waals surface area contributed by atoms with Crippen molar-refractivity contribution in [2.45, 2.75) is 13.0 Å². The minimum absolute atomic E-state index is 0.278. The first-order chi connectivity index (χ1) is 12.2. The number of methoxy groups -OCH3 is 1. The van der Waals surface area contributed by atoms with Crippen LogP contribution in [0.3, 0.4) is 0 Å². The smallest absolute Gasteiger partial charge is 0.241 e. The number of hydrogen-bond acceptors (Lipinski definition) is 4. The van der Waals surface area contributed by atoms with E-state index in [2.05, 4.69) is 5.32 Å². The van der Waals surface area contributed by atoms with E-state index in [4.69, 9.17) is 16.3 Å². The monoisotopic (exact) mass is 396 g/mol. The predicted octanol–water partition coefficient (Wildman–Crippen LogP) is 2.99. The Labute approximate surface area is 158 Å². The lowest BCUT2D eigenvalue weighted by Crippen LogP contribution is -2.41. The minimum Gasteiger partial charge on any atom is -0.497 e. The average Bonchev–Trinajstić information content (AvgIpc) is 2.59. The molecule has 2 aromatic rings. The molecule has 0 aliphatic rings. The van der Waals surface area contributed by atoms with Gasteiger partial charge in [-0.05, 0) is 48.9 Å². The van der Waals surface area contributed by atoms with E-state index in [0.29, 0.717) is 10.7 Å². The summed E-state index contributed by atoms with van der Waals surface area (Å²) in [5, 5.41) is 3.29. The number of nitrogens with zero attached hydrogens (tertiary/aromatic N) is 1. The number of nitrogens with one attached hydrogen (secondary N) is 1. The summed E-state index contributed by atoms with van der Waals surface area (Å²) in [6.07, 6.45) is 1.06. The fraction of sp³-hybridized carbons (Fsp3) is 0.278. The molecule has 0 saturated heterocycles. The van der Waals surface area contributed by atoms with Gasteiger partial charge in [0, 0.05) is 5.02 Å². The van der Waals surface area contributed by atoms with E-state index >= 15 is 0 Å². The number of amides is 1. The Hall–Kier alpha value is -2.25. The van der Waals surface area contributed by atoms with Crippen molar-refractivity contribution in [1.82, 2.24) is 5.32 Å². The summed E-state index contributed by atoms with van der Waals surface area (Å²) in [6, 6.07) is 13.3. The van der Waals surface area contributed by atoms with Crippen molar-refractivity contribution >= 4 is 33.2 Å². The van der Waals surface area contributed by atoms with Crippen molar-refractivity contribution in [1.29, 1.82) is 0 Å². The Kier molecular flexibility index (Phi) is 6.50. The lowest BCUT2D eigenvalue weighted by molar-refractivity contribution is -0.120. The molecule has 6 nitrogen and oxygen atoms in total. The summed E-state index contributed by atoms with van der Waals surface area (Å²) in [4.78, 5) is 12.4. The highest BCUT2D eigenvalue weighted by Gasteiger charge is 2.21. The Morgan fingerprint density at radius 3 is 2.23 bits per heavy atom. The van der Waals surface area contributed by atoms with E-state index in [1.54, 1.807) is 43.5 Å². The topological polar surface area (TPSA) is 75.7 Å². The van der Waals surface area contributed by atoms with E-state index in [1.165, 1.54) is 0 Å². The van der Waals surface area contributed by atoms with Crippen LogP contribution >= 0.6 is 11.6 Å². The van der Waals surface area contributed by atoms with Crippen LogP contribution in [0.2, 0.25) is 5.02 Å². The third-order valence-corrected chi connectivity index (χ3v) is 5.19. The molecule has 8 heteroatoms. The number of hydrogen-bond donors (Lipinski definition) is 1. The van der Waals surface area contributed by atoms with E-state index in [-0.39, 0.29) is 12.6 Å². The van der Waals surface area contributed by atoms with E-state index in [1.807, 2.05) is 19.1 Å². The van der Waals surface area contributed by atoms with Gasteiger partial charge < -0.3 is 10.1 Å². The molecule has 0 bridgehead atoms. The van der Waals surface area contributed by atoms with E-state index in [0.717, 1.165) is 21.9 Å². The van der Waals surface area contributed by atoms with Gasteiger partial charge in [-0.2, -0.15) is 0 Å². The molecule has 0 spiro atoms. The number of benzene rings is 2. The van der Waals surface area contributed by atoms with Gasteiger partial charge in [-0.25, -0.2) is 8.42 Å². The van der Waals surface area contributed by atoms with Gasteiger partial charge in [-0.15, -0.1) is 0 Å². The van der Waals surface area contributed by atoms with Crippen LogP contribution in [-0.2, 0) is 14.8 Å². The first-order valence-corrected chi connectivity index (χ1v) is 10.1. The quantitative estimate of drug-likeness (QED) is 0.780. The molecular weight excluding hydrogens is 376 g/mol. The Bertz CT molecular complexity index is 852. The van der Waals surface area contributed by atoms with Crippen molar-refractivity contribution in [3.05, 3.63) is 59.1 Å². The van der Waals surface area contributed by atoms with E-state index < -0.39 is 15.9 Å². The van der Waals surface area contributed by atoms with Gasteiger partial charge in [0.1, 0.15) is 12.3 Å². The van der Waals surface area contributed by atoms with Gasteiger partial charge in [-0.3, -0.25) is 9.10 Å².